The van der Waals surface area contributed by atoms with Crippen LogP contribution in [-0.2, 0) is 20.9 Å². The zero-order valence-electron chi connectivity index (χ0n) is 11.6. The number of rotatable bonds is 4. The molecule has 1 amide bonds. The van der Waals surface area contributed by atoms with E-state index in [4.69, 9.17) is 9.47 Å². The molecule has 5 nitrogen and oxygen atoms in total. The normalized spacial score (nSPS) is 18.6. The third kappa shape index (κ3) is 4.35. The fourth-order valence-corrected chi connectivity index (χ4v) is 2.14. The highest BCUT2D eigenvalue weighted by atomic mass is 16.6. The molecule has 0 bridgehead atoms. The number of ether oxygens (including phenoxy) is 2. The molecule has 1 aromatic rings. The van der Waals surface area contributed by atoms with Crippen molar-refractivity contribution >= 4 is 11.9 Å². The van der Waals surface area contributed by atoms with Gasteiger partial charge in [-0.3, -0.25) is 4.79 Å². The predicted molar refractivity (Wildman–Crippen MR) is 73.2 cm³/mol. The van der Waals surface area contributed by atoms with Gasteiger partial charge in [0.1, 0.15) is 12.4 Å². The van der Waals surface area contributed by atoms with Crippen molar-refractivity contribution in [2.24, 2.45) is 0 Å². The van der Waals surface area contributed by atoms with E-state index >= 15 is 0 Å². The average molecular weight is 277 g/mol. The van der Waals surface area contributed by atoms with Gasteiger partial charge >= 0.3 is 6.09 Å². The lowest BCUT2D eigenvalue weighted by atomic mass is 10.1. The first-order valence-corrected chi connectivity index (χ1v) is 6.72. The Morgan fingerprint density at radius 1 is 1.35 bits per heavy atom. The molecule has 1 atom stereocenters. The van der Waals surface area contributed by atoms with E-state index in [0.29, 0.717) is 26.1 Å². The minimum atomic E-state index is -0.356. The molecule has 0 radical (unpaired) electrons. The molecule has 0 N–H and O–H groups in total. The summed E-state index contributed by atoms with van der Waals surface area (Å²) in [5.74, 6) is 0.0644. The third-order valence-electron chi connectivity index (χ3n) is 3.12. The van der Waals surface area contributed by atoms with Crippen LogP contribution in [0.1, 0.15) is 18.9 Å². The number of ketones is 1. The summed E-state index contributed by atoms with van der Waals surface area (Å²) in [6, 6.07) is 9.54. The molecule has 0 aliphatic carbocycles. The Bertz CT molecular complexity index is 460. The Hall–Kier alpha value is -1.88. The van der Waals surface area contributed by atoms with Crippen LogP contribution in [-0.4, -0.2) is 42.6 Å². The second-order valence-electron chi connectivity index (χ2n) is 4.89. The number of carbonyl (C=O) groups excluding carboxylic acids is 2. The second-order valence-corrected chi connectivity index (χ2v) is 4.89. The van der Waals surface area contributed by atoms with Crippen molar-refractivity contribution in [1.82, 2.24) is 4.90 Å². The van der Waals surface area contributed by atoms with Crippen molar-refractivity contribution in [2.45, 2.75) is 26.1 Å². The van der Waals surface area contributed by atoms with E-state index in [-0.39, 0.29) is 24.6 Å². The Labute approximate surface area is 118 Å². The standard InChI is InChI=1S/C15H19NO4/c1-12(17)9-14-10-16(7-8-19-14)15(18)20-11-13-5-3-2-4-6-13/h2-6,14H,7-11H2,1H3. The van der Waals surface area contributed by atoms with E-state index in [1.165, 1.54) is 6.92 Å². The van der Waals surface area contributed by atoms with Crippen molar-refractivity contribution in [2.75, 3.05) is 19.7 Å². The van der Waals surface area contributed by atoms with Crippen LogP contribution in [0.5, 0.6) is 0 Å². The van der Waals surface area contributed by atoms with Crippen LogP contribution in [0.2, 0.25) is 0 Å². The molecule has 5 heteroatoms. The number of carbonyl (C=O) groups is 2. The fourth-order valence-electron chi connectivity index (χ4n) is 2.14. The Morgan fingerprint density at radius 3 is 2.80 bits per heavy atom. The monoisotopic (exact) mass is 277 g/mol. The molecule has 1 aliphatic heterocycles. The number of amides is 1. The van der Waals surface area contributed by atoms with Gasteiger partial charge in [0.2, 0.25) is 0 Å². The lowest BCUT2D eigenvalue weighted by molar-refractivity contribution is -0.121. The van der Waals surface area contributed by atoms with E-state index in [2.05, 4.69) is 0 Å². The predicted octanol–water partition coefficient (Wildman–Crippen LogP) is 2.00. The SMILES string of the molecule is CC(=O)CC1CN(C(=O)OCc2ccccc2)CCO1. The van der Waals surface area contributed by atoms with E-state index < -0.39 is 0 Å². The van der Waals surface area contributed by atoms with Gasteiger partial charge in [-0.05, 0) is 12.5 Å². The highest BCUT2D eigenvalue weighted by Gasteiger charge is 2.25. The summed E-state index contributed by atoms with van der Waals surface area (Å²) in [5, 5.41) is 0. The first-order chi connectivity index (χ1) is 9.65. The van der Waals surface area contributed by atoms with E-state index in [1.807, 2.05) is 30.3 Å². The highest BCUT2D eigenvalue weighted by molar-refractivity contribution is 5.76. The topological polar surface area (TPSA) is 55.8 Å². The van der Waals surface area contributed by atoms with Gasteiger partial charge in [0.15, 0.2) is 0 Å². The largest absolute Gasteiger partial charge is 0.445 e. The van der Waals surface area contributed by atoms with E-state index in [0.717, 1.165) is 5.56 Å². The van der Waals surface area contributed by atoms with Crippen molar-refractivity contribution < 1.29 is 19.1 Å². The summed E-state index contributed by atoms with van der Waals surface area (Å²) in [6.45, 7) is 3.14. The number of hydrogen-bond acceptors (Lipinski definition) is 4. The van der Waals surface area contributed by atoms with Crippen LogP contribution >= 0.6 is 0 Å². The summed E-state index contributed by atoms with van der Waals surface area (Å²) in [4.78, 5) is 24.6. The maximum atomic E-state index is 12.0. The van der Waals surface area contributed by atoms with Gasteiger partial charge in [-0.15, -0.1) is 0 Å². The zero-order valence-corrected chi connectivity index (χ0v) is 11.6. The van der Waals surface area contributed by atoms with Gasteiger partial charge in [0.25, 0.3) is 0 Å². The van der Waals surface area contributed by atoms with Crippen LogP contribution in [0, 0.1) is 0 Å². The summed E-state index contributed by atoms with van der Waals surface area (Å²) in [5.41, 5.74) is 0.953. The molecule has 1 fully saturated rings. The van der Waals surface area contributed by atoms with Crippen LogP contribution < -0.4 is 0 Å². The van der Waals surface area contributed by atoms with E-state index in [9.17, 15) is 9.59 Å². The number of morpholine rings is 1. The Morgan fingerprint density at radius 2 is 2.10 bits per heavy atom. The first kappa shape index (κ1) is 14.5. The summed E-state index contributed by atoms with van der Waals surface area (Å²) >= 11 is 0. The molecule has 0 spiro atoms. The zero-order chi connectivity index (χ0) is 14.4. The maximum Gasteiger partial charge on any atom is 0.410 e. The van der Waals surface area contributed by atoms with Gasteiger partial charge in [-0.1, -0.05) is 30.3 Å². The van der Waals surface area contributed by atoms with Crippen molar-refractivity contribution in [1.29, 1.82) is 0 Å². The number of benzene rings is 1. The molecule has 2 rings (SSSR count). The smallest absolute Gasteiger partial charge is 0.410 e. The first-order valence-electron chi connectivity index (χ1n) is 6.72. The minimum absolute atomic E-state index is 0.0644. The summed E-state index contributed by atoms with van der Waals surface area (Å²) < 4.78 is 10.7. The molecule has 1 aliphatic rings. The third-order valence-corrected chi connectivity index (χ3v) is 3.12. The maximum absolute atomic E-state index is 12.0. The quantitative estimate of drug-likeness (QED) is 0.844. The molecule has 108 valence electrons. The van der Waals surface area contributed by atoms with Gasteiger partial charge in [0.05, 0.1) is 19.3 Å². The van der Waals surface area contributed by atoms with Gasteiger partial charge in [-0.25, -0.2) is 4.79 Å². The number of hydrogen-bond donors (Lipinski definition) is 0. The summed E-state index contributed by atoms with van der Waals surface area (Å²) in [7, 11) is 0. The molecule has 1 aromatic carbocycles. The van der Waals surface area contributed by atoms with Crippen LogP contribution in [0.15, 0.2) is 30.3 Å². The molecule has 1 saturated heterocycles. The highest BCUT2D eigenvalue weighted by Crippen LogP contribution is 2.11. The van der Waals surface area contributed by atoms with Crippen molar-refractivity contribution in [3.8, 4) is 0 Å². The van der Waals surface area contributed by atoms with Crippen LogP contribution in [0.4, 0.5) is 4.79 Å². The molecule has 1 heterocycles. The molecular weight excluding hydrogens is 258 g/mol. The van der Waals surface area contributed by atoms with Crippen molar-refractivity contribution in [3.63, 3.8) is 0 Å². The Kier molecular flexibility index (Phi) is 5.12. The second kappa shape index (κ2) is 7.05. The molecular formula is C15H19NO4. The Balaban J connectivity index is 1.81. The van der Waals surface area contributed by atoms with Crippen LogP contribution in [0.3, 0.4) is 0 Å². The number of nitrogens with zero attached hydrogens (tertiary/aromatic N) is 1. The number of Topliss-reactive ketones (excluding diaryl/α,β-unsaturated/α-hetero) is 1. The fraction of sp³-hybridized carbons (Fsp3) is 0.467. The average Bonchev–Trinajstić information content (AvgIpc) is 2.45. The lowest BCUT2D eigenvalue weighted by Gasteiger charge is -2.31. The minimum Gasteiger partial charge on any atom is -0.445 e. The molecule has 20 heavy (non-hydrogen) atoms. The van der Waals surface area contributed by atoms with Gasteiger partial charge < -0.3 is 14.4 Å². The molecule has 0 aromatic heterocycles. The molecule has 0 saturated carbocycles. The lowest BCUT2D eigenvalue weighted by Crippen LogP contribution is -2.46. The molecule has 1 unspecified atom stereocenters. The van der Waals surface area contributed by atoms with E-state index in [1.54, 1.807) is 4.90 Å². The van der Waals surface area contributed by atoms with Crippen molar-refractivity contribution in [3.05, 3.63) is 35.9 Å². The van der Waals surface area contributed by atoms with Gasteiger partial charge in [0, 0.05) is 13.0 Å². The van der Waals surface area contributed by atoms with Gasteiger partial charge in [-0.2, -0.15) is 0 Å². The summed E-state index contributed by atoms with van der Waals surface area (Å²) in [6.07, 6.45) is -0.237. The van der Waals surface area contributed by atoms with Crippen LogP contribution in [0.25, 0.3) is 0 Å².